The van der Waals surface area contributed by atoms with Gasteiger partial charge < -0.3 is 65.8 Å². The van der Waals surface area contributed by atoms with E-state index in [1.54, 1.807) is 0 Å². The summed E-state index contributed by atoms with van der Waals surface area (Å²) >= 11 is 0. The topological polar surface area (TPSA) is 148 Å². The van der Waals surface area contributed by atoms with Crippen LogP contribution in [-0.2, 0) is 65.8 Å². The van der Waals surface area contributed by atoms with Gasteiger partial charge >= 0.3 is 129 Å². The summed E-state index contributed by atoms with van der Waals surface area (Å²) in [6.45, 7) is 33.6. The third-order valence-electron chi connectivity index (χ3n) is 12.8. The van der Waals surface area contributed by atoms with Crippen molar-refractivity contribution in [2.75, 3.05) is 0 Å². The van der Waals surface area contributed by atoms with E-state index in [-0.39, 0.29) is 0 Å². The van der Waals surface area contributed by atoms with Crippen LogP contribution in [0, 0.1) is 0 Å². The SMILES string of the molecule is C[Si]12O[Si]3(C)O[Si]4(C)O[Si]5(C)O[Si]6(C)O[Si]7(C)O[Si](C)(O[Si](C)(O1)[Si]1(C)O[Si]3(C)O[Si]5(C)O[Si]7(C)O1)[Si]1(C)O[Si]2(C)O[Si]4(C)O[Si]6(C)O1. The molecule has 10 saturated heterocycles. The molecule has 0 atom stereocenters. The van der Waals surface area contributed by atoms with Crippen LogP contribution in [0.4, 0.5) is 0 Å². The van der Waals surface area contributed by atoms with Crippen LogP contribution < -0.4 is 0 Å². The Balaban J connectivity index is 1.56. The predicted octanol–water partition coefficient (Wildman–Crippen LogP) is 2.15. The van der Waals surface area contributed by atoms with Crippen molar-refractivity contribution in [2.45, 2.75) is 105 Å². The molecule has 272 valence electrons. The van der Waals surface area contributed by atoms with Crippen LogP contribution in [0.3, 0.4) is 0 Å². The highest BCUT2D eigenvalue weighted by molar-refractivity contribution is 7.60. The number of hydrogen-bond acceptors (Lipinski definition) is 16. The monoisotopic (exact) mass is 944 g/mol. The highest BCUT2D eigenvalue weighted by Crippen LogP contribution is 2.60. The van der Waals surface area contributed by atoms with Crippen molar-refractivity contribution in [2.24, 2.45) is 0 Å². The van der Waals surface area contributed by atoms with Gasteiger partial charge in [-0.3, -0.25) is 0 Å². The molecule has 0 aliphatic carbocycles. The Morgan fingerprint density at radius 2 is 0.167 bits per heavy atom. The minimum absolute atomic E-state index is 2.09. The first-order valence-electron chi connectivity index (χ1n) is 16.5. The molecule has 10 aliphatic rings. The summed E-state index contributed by atoms with van der Waals surface area (Å²) in [5.74, 6) is 0. The fourth-order valence-electron chi connectivity index (χ4n) is 9.25. The van der Waals surface area contributed by atoms with Gasteiger partial charge in [0.25, 0.3) is 0 Å². The Labute approximate surface area is 297 Å². The van der Waals surface area contributed by atoms with Crippen LogP contribution in [0.25, 0.3) is 0 Å². The van der Waals surface area contributed by atoms with E-state index in [0.717, 1.165) is 0 Å². The van der Waals surface area contributed by atoms with Crippen molar-refractivity contribution in [1.29, 1.82) is 0 Å². The molecule has 0 aromatic heterocycles. The Hall–Kier alpha value is 2.83. The Morgan fingerprint density at radius 1 is 0.125 bits per heavy atom. The average molecular weight is 946 g/mol. The van der Waals surface area contributed by atoms with Gasteiger partial charge in [-0.15, -0.1) is 0 Å². The quantitative estimate of drug-likeness (QED) is 0.327. The van der Waals surface area contributed by atoms with Crippen molar-refractivity contribution < 1.29 is 65.8 Å². The summed E-state index contributed by atoms with van der Waals surface area (Å²) in [6.07, 6.45) is 0. The maximum Gasteiger partial charge on any atom is 0.362 e. The average Bonchev–Trinajstić information content (AvgIpc) is 2.81. The van der Waals surface area contributed by atoms with Crippen LogP contribution in [-0.4, -0.2) is 129 Å². The van der Waals surface area contributed by atoms with Gasteiger partial charge in [0.15, 0.2) is 0 Å². The Bertz CT molecular complexity index is 1200. The van der Waals surface area contributed by atoms with Gasteiger partial charge in [0.2, 0.25) is 0 Å². The fourth-order valence-corrected chi connectivity index (χ4v) is 213. The molecule has 0 N–H and O–H groups in total. The first kappa shape index (κ1) is 36.5. The second-order valence-corrected chi connectivity index (χ2v) is 104. The second-order valence-electron chi connectivity index (χ2n) is 16.8. The summed E-state index contributed by atoms with van der Waals surface area (Å²) in [4.78, 5) is 0. The van der Waals surface area contributed by atoms with E-state index < -0.39 is 129 Å². The zero-order chi connectivity index (χ0) is 35.3. The van der Waals surface area contributed by atoms with Crippen molar-refractivity contribution in [3.8, 4) is 0 Å². The Kier molecular flexibility index (Phi) is 6.85. The molecule has 0 aromatic carbocycles. The standard InChI is InChI=1S/C16H48O16Si16/c1-33-17-34(2)19-36(4)20-35(3,18-33)45(13)28-43(11)26-41(33,9)25-42(10)27-44(34,12)29-46(14)31-48(36,16)32-47(15,30-45)40(8)23-38(43,6)21-37(42,5)22-39(46,7)24-40/h1-16H3. The van der Waals surface area contributed by atoms with E-state index in [9.17, 15) is 0 Å². The van der Waals surface area contributed by atoms with Crippen LogP contribution in [0.5, 0.6) is 0 Å². The third kappa shape index (κ3) is 3.83. The number of rotatable bonds is 0. The van der Waals surface area contributed by atoms with Gasteiger partial charge in [-0.05, 0) is 105 Å². The van der Waals surface area contributed by atoms with Gasteiger partial charge in [0, 0.05) is 0 Å². The van der Waals surface area contributed by atoms with E-state index >= 15 is 0 Å². The zero-order valence-electron chi connectivity index (χ0n) is 30.5. The van der Waals surface area contributed by atoms with E-state index in [2.05, 4.69) is 105 Å². The van der Waals surface area contributed by atoms with Gasteiger partial charge in [-0.1, -0.05) is 0 Å². The number of hydrogen-bond donors (Lipinski definition) is 0. The summed E-state index contributed by atoms with van der Waals surface area (Å²) in [5.41, 5.74) is 0. The second kappa shape index (κ2) is 9.01. The lowest BCUT2D eigenvalue weighted by molar-refractivity contribution is 0.139. The molecule has 16 nitrogen and oxygen atoms in total. The lowest BCUT2D eigenvalue weighted by Gasteiger charge is -2.73. The highest BCUT2D eigenvalue weighted by atomic mass is 29.5. The summed E-state index contributed by atoms with van der Waals surface area (Å²) in [5, 5.41) is 0. The van der Waals surface area contributed by atoms with Crippen LogP contribution in [0.2, 0.25) is 105 Å². The minimum atomic E-state index is -3.60. The summed E-state index contributed by atoms with van der Waals surface area (Å²) < 4.78 is 123. The predicted molar refractivity (Wildman–Crippen MR) is 203 cm³/mol. The van der Waals surface area contributed by atoms with Crippen LogP contribution in [0.15, 0.2) is 0 Å². The molecular weight excluding hydrogens is 898 g/mol. The minimum Gasteiger partial charge on any atom is -0.414 e. The molecule has 0 spiro atoms. The maximum absolute atomic E-state index is 7.76. The largest absolute Gasteiger partial charge is 0.414 e. The molecule has 10 heterocycles. The van der Waals surface area contributed by atoms with Crippen molar-refractivity contribution >= 4 is 129 Å². The highest BCUT2D eigenvalue weighted by Gasteiger charge is 2.94. The lowest BCUT2D eigenvalue weighted by atomic mass is 11.9. The molecule has 16 bridgehead atoms. The first-order chi connectivity index (χ1) is 21.3. The van der Waals surface area contributed by atoms with Crippen LogP contribution in [0.1, 0.15) is 0 Å². The lowest BCUT2D eigenvalue weighted by Crippen LogP contribution is -3.03. The normalized spacial score (nSPS) is 73.0. The smallest absolute Gasteiger partial charge is 0.362 e. The van der Waals surface area contributed by atoms with E-state index in [0.29, 0.717) is 0 Å². The molecular formula is C16H48O16Si16. The molecule has 10 rings (SSSR count). The zero-order valence-corrected chi connectivity index (χ0v) is 46.5. The summed E-state index contributed by atoms with van der Waals surface area (Å²) in [7, 11) is -57.6. The van der Waals surface area contributed by atoms with E-state index in [1.807, 2.05) is 0 Å². The maximum atomic E-state index is 7.76. The van der Waals surface area contributed by atoms with Gasteiger partial charge in [0.05, 0.1) is 0 Å². The van der Waals surface area contributed by atoms with Crippen LogP contribution >= 0.6 is 0 Å². The molecule has 48 heavy (non-hydrogen) atoms. The molecule has 0 radical (unpaired) electrons. The molecule has 10 aliphatic heterocycles. The van der Waals surface area contributed by atoms with Gasteiger partial charge in [0.1, 0.15) is 0 Å². The molecule has 0 unspecified atom stereocenters. The third-order valence-corrected chi connectivity index (χ3v) is 145. The van der Waals surface area contributed by atoms with Gasteiger partial charge in [-0.25, -0.2) is 0 Å². The first-order valence-corrected chi connectivity index (χ1v) is 61.6. The fraction of sp³-hybridized carbons (Fsp3) is 1.00. The van der Waals surface area contributed by atoms with E-state index in [4.69, 9.17) is 65.8 Å². The molecule has 0 amide bonds. The van der Waals surface area contributed by atoms with Gasteiger partial charge in [-0.2, -0.15) is 0 Å². The molecule has 0 saturated carbocycles. The molecule has 10 fully saturated rings. The Morgan fingerprint density at radius 3 is 0.208 bits per heavy atom. The van der Waals surface area contributed by atoms with E-state index in [1.165, 1.54) is 0 Å². The molecule has 32 heteroatoms. The molecule has 0 aromatic rings. The van der Waals surface area contributed by atoms with Crippen molar-refractivity contribution in [1.82, 2.24) is 0 Å². The summed E-state index contributed by atoms with van der Waals surface area (Å²) in [6, 6.07) is 0. The van der Waals surface area contributed by atoms with Crippen molar-refractivity contribution in [3.05, 3.63) is 0 Å². The van der Waals surface area contributed by atoms with Crippen molar-refractivity contribution in [3.63, 3.8) is 0 Å².